The lowest BCUT2D eigenvalue weighted by molar-refractivity contribution is -0.118. The average Bonchev–Trinajstić information content (AvgIpc) is 3.05. The number of H-pyrrole nitrogens is 1. The highest BCUT2D eigenvalue weighted by Gasteiger charge is 2.13. The van der Waals surface area contributed by atoms with Gasteiger partial charge in [-0.2, -0.15) is 9.78 Å². The van der Waals surface area contributed by atoms with Gasteiger partial charge >= 0.3 is 0 Å². The van der Waals surface area contributed by atoms with Crippen LogP contribution in [0.4, 0.5) is 5.82 Å². The van der Waals surface area contributed by atoms with Crippen molar-refractivity contribution in [2.75, 3.05) is 11.9 Å². The van der Waals surface area contributed by atoms with Crippen molar-refractivity contribution in [1.29, 1.82) is 0 Å². The van der Waals surface area contributed by atoms with Gasteiger partial charge in [0.15, 0.2) is 6.61 Å². The molecule has 8 heteroatoms. The molecule has 0 saturated carbocycles. The first-order valence-corrected chi connectivity index (χ1v) is 9.04. The van der Waals surface area contributed by atoms with E-state index in [1.165, 1.54) is 10.7 Å². The number of aromatic nitrogens is 4. The second-order valence-corrected chi connectivity index (χ2v) is 6.64. The number of carbonyl (C=O) groups is 1. The number of aromatic amines is 1. The predicted molar refractivity (Wildman–Crippen MR) is 110 cm³/mol. The molecule has 2 aromatic carbocycles. The molecule has 4 aromatic rings. The first kappa shape index (κ1) is 18.4. The van der Waals surface area contributed by atoms with Gasteiger partial charge in [0, 0.05) is 17.8 Å². The van der Waals surface area contributed by atoms with E-state index in [1.54, 1.807) is 19.9 Å². The fourth-order valence-corrected chi connectivity index (χ4v) is 3.00. The Kier molecular flexibility index (Phi) is 4.82. The first-order valence-electron chi connectivity index (χ1n) is 9.04. The van der Waals surface area contributed by atoms with Crippen LogP contribution >= 0.6 is 0 Å². The number of nitrogens with zero attached hydrogens (tertiary/aromatic N) is 3. The highest BCUT2D eigenvalue weighted by molar-refractivity contribution is 5.91. The number of nitrogens with one attached hydrogen (secondary N) is 2. The molecule has 0 aliphatic heterocycles. The summed E-state index contributed by atoms with van der Waals surface area (Å²) in [5.74, 6) is 0.875. The predicted octanol–water partition coefficient (Wildman–Crippen LogP) is 2.74. The quantitative estimate of drug-likeness (QED) is 0.546. The van der Waals surface area contributed by atoms with Gasteiger partial charge < -0.3 is 10.1 Å². The zero-order valence-electron chi connectivity index (χ0n) is 16.0. The van der Waals surface area contributed by atoms with Crippen molar-refractivity contribution < 1.29 is 9.53 Å². The van der Waals surface area contributed by atoms with Crippen LogP contribution in [0.1, 0.15) is 11.4 Å². The third-order valence-electron chi connectivity index (χ3n) is 4.25. The van der Waals surface area contributed by atoms with Crippen LogP contribution in [0.15, 0.2) is 59.4 Å². The van der Waals surface area contributed by atoms with Crippen molar-refractivity contribution in [3.05, 3.63) is 76.3 Å². The summed E-state index contributed by atoms with van der Waals surface area (Å²) in [6.07, 6.45) is 0. The minimum Gasteiger partial charge on any atom is -0.484 e. The highest BCUT2D eigenvalue weighted by atomic mass is 16.5. The third-order valence-corrected chi connectivity index (χ3v) is 4.25. The summed E-state index contributed by atoms with van der Waals surface area (Å²) < 4.78 is 7.01. The minimum absolute atomic E-state index is 0.166. The van der Waals surface area contributed by atoms with E-state index >= 15 is 0 Å². The van der Waals surface area contributed by atoms with Crippen molar-refractivity contribution in [2.24, 2.45) is 0 Å². The SMILES string of the molecule is Cc1cc(=O)[nH]c(-n2nc(C)cc2NC(=O)COc2ccc3ccccc3c2)n1. The van der Waals surface area contributed by atoms with E-state index in [-0.39, 0.29) is 24.0 Å². The monoisotopic (exact) mass is 389 g/mol. The summed E-state index contributed by atoms with van der Waals surface area (Å²) >= 11 is 0. The fourth-order valence-electron chi connectivity index (χ4n) is 3.00. The smallest absolute Gasteiger partial charge is 0.263 e. The van der Waals surface area contributed by atoms with Crippen molar-refractivity contribution in [2.45, 2.75) is 13.8 Å². The molecule has 0 bridgehead atoms. The summed E-state index contributed by atoms with van der Waals surface area (Å²) in [5, 5.41) is 9.18. The zero-order chi connectivity index (χ0) is 20.4. The second-order valence-electron chi connectivity index (χ2n) is 6.64. The minimum atomic E-state index is -0.352. The zero-order valence-corrected chi connectivity index (χ0v) is 16.0. The Morgan fingerprint density at radius 3 is 2.66 bits per heavy atom. The van der Waals surface area contributed by atoms with Crippen LogP contribution in [0, 0.1) is 13.8 Å². The van der Waals surface area contributed by atoms with Crippen LogP contribution in [0.2, 0.25) is 0 Å². The summed E-state index contributed by atoms with van der Waals surface area (Å²) in [5.41, 5.74) is 0.922. The molecule has 0 radical (unpaired) electrons. The van der Waals surface area contributed by atoms with Crippen LogP contribution in [0.5, 0.6) is 5.75 Å². The molecular formula is C21H19N5O3. The molecule has 2 N–H and O–H groups in total. The Hall–Kier alpha value is -3.94. The number of anilines is 1. The van der Waals surface area contributed by atoms with Crippen LogP contribution in [0.3, 0.4) is 0 Å². The molecule has 2 heterocycles. The number of benzene rings is 2. The van der Waals surface area contributed by atoms with Crippen molar-refractivity contribution in [1.82, 2.24) is 19.7 Å². The Labute approximate surface area is 166 Å². The molecule has 0 spiro atoms. The fraction of sp³-hybridized carbons (Fsp3) is 0.143. The van der Waals surface area contributed by atoms with E-state index in [1.807, 2.05) is 42.5 Å². The van der Waals surface area contributed by atoms with E-state index in [4.69, 9.17) is 4.74 Å². The Morgan fingerprint density at radius 1 is 1.07 bits per heavy atom. The highest BCUT2D eigenvalue weighted by Crippen LogP contribution is 2.20. The molecule has 8 nitrogen and oxygen atoms in total. The lowest BCUT2D eigenvalue weighted by Crippen LogP contribution is -2.23. The topological polar surface area (TPSA) is 102 Å². The third kappa shape index (κ3) is 4.16. The van der Waals surface area contributed by atoms with Crippen molar-refractivity contribution >= 4 is 22.5 Å². The van der Waals surface area contributed by atoms with E-state index < -0.39 is 0 Å². The molecule has 4 rings (SSSR count). The summed E-state index contributed by atoms with van der Waals surface area (Å²) in [4.78, 5) is 31.0. The normalized spacial score (nSPS) is 10.8. The summed E-state index contributed by atoms with van der Waals surface area (Å²) in [6.45, 7) is 3.33. The van der Waals surface area contributed by atoms with Gasteiger partial charge in [0.2, 0.25) is 5.95 Å². The summed E-state index contributed by atoms with van der Waals surface area (Å²) in [6, 6.07) is 16.7. The number of ether oxygens (including phenoxy) is 1. The second kappa shape index (κ2) is 7.59. The molecule has 0 unspecified atom stereocenters. The number of amides is 1. The maximum atomic E-state index is 12.4. The molecular weight excluding hydrogens is 370 g/mol. The van der Waals surface area contributed by atoms with Gasteiger partial charge in [0.05, 0.1) is 5.69 Å². The molecule has 146 valence electrons. The van der Waals surface area contributed by atoms with Crippen molar-refractivity contribution in [3.8, 4) is 11.7 Å². The lowest BCUT2D eigenvalue weighted by Gasteiger charge is -2.10. The number of rotatable bonds is 5. The molecule has 2 aromatic heterocycles. The van der Waals surface area contributed by atoms with Gasteiger partial charge in [0.25, 0.3) is 11.5 Å². The van der Waals surface area contributed by atoms with Crippen LogP contribution in [-0.4, -0.2) is 32.3 Å². The molecule has 1 amide bonds. The van der Waals surface area contributed by atoms with Gasteiger partial charge in [-0.1, -0.05) is 30.3 Å². The molecule has 0 saturated heterocycles. The maximum Gasteiger partial charge on any atom is 0.263 e. The molecule has 0 fully saturated rings. The van der Waals surface area contributed by atoms with Crippen LogP contribution < -0.4 is 15.6 Å². The number of aryl methyl sites for hydroxylation is 2. The molecule has 0 atom stereocenters. The van der Waals surface area contributed by atoms with Crippen LogP contribution in [0.25, 0.3) is 16.7 Å². The number of hydrogen-bond acceptors (Lipinski definition) is 5. The van der Waals surface area contributed by atoms with E-state index in [0.717, 1.165) is 10.8 Å². The van der Waals surface area contributed by atoms with Gasteiger partial charge in [-0.25, -0.2) is 4.98 Å². The Morgan fingerprint density at radius 2 is 1.86 bits per heavy atom. The van der Waals surface area contributed by atoms with E-state index in [0.29, 0.717) is 23.0 Å². The maximum absolute atomic E-state index is 12.4. The van der Waals surface area contributed by atoms with Gasteiger partial charge in [0.1, 0.15) is 11.6 Å². The Balaban J connectivity index is 1.49. The average molecular weight is 389 g/mol. The number of carbonyl (C=O) groups excluding carboxylic acids is 1. The van der Waals surface area contributed by atoms with Gasteiger partial charge in [-0.05, 0) is 36.8 Å². The molecule has 29 heavy (non-hydrogen) atoms. The largest absolute Gasteiger partial charge is 0.484 e. The molecule has 0 aliphatic rings. The van der Waals surface area contributed by atoms with E-state index in [9.17, 15) is 9.59 Å². The van der Waals surface area contributed by atoms with Crippen molar-refractivity contribution in [3.63, 3.8) is 0 Å². The van der Waals surface area contributed by atoms with E-state index in [2.05, 4.69) is 20.4 Å². The van der Waals surface area contributed by atoms with Crippen LogP contribution in [-0.2, 0) is 4.79 Å². The number of hydrogen-bond donors (Lipinski definition) is 2. The van der Waals surface area contributed by atoms with Gasteiger partial charge in [-0.3, -0.25) is 14.6 Å². The number of fused-ring (bicyclic) bond motifs is 1. The molecule has 0 aliphatic carbocycles. The summed E-state index contributed by atoms with van der Waals surface area (Å²) in [7, 11) is 0. The van der Waals surface area contributed by atoms with Gasteiger partial charge in [-0.15, -0.1) is 0 Å². The first-order chi connectivity index (χ1) is 14.0. The standard InChI is InChI=1S/C21H19N5O3/c1-13-10-19(27)24-21(22-13)26-18(9-14(2)25-26)23-20(28)12-29-17-8-7-15-5-3-4-6-16(15)11-17/h3-11H,12H2,1-2H3,(H,23,28)(H,22,24,27). The lowest BCUT2D eigenvalue weighted by atomic mass is 10.1. The Bertz CT molecular complexity index is 1260.